The van der Waals surface area contributed by atoms with Gasteiger partial charge in [0.1, 0.15) is 6.61 Å². The number of hydrogen-bond donors (Lipinski definition) is 3. The third kappa shape index (κ3) is 5.13. The van der Waals surface area contributed by atoms with Crippen LogP contribution in [-0.2, 0) is 20.7 Å². The number of ether oxygens (including phenoxy) is 1. The van der Waals surface area contributed by atoms with Gasteiger partial charge in [0, 0.05) is 15.7 Å². The minimum atomic E-state index is -1.34. The lowest BCUT2D eigenvalue weighted by Gasteiger charge is -2.27. The van der Waals surface area contributed by atoms with Crippen molar-refractivity contribution >= 4 is 40.8 Å². The van der Waals surface area contributed by atoms with Crippen LogP contribution in [0.3, 0.4) is 0 Å². The molecule has 3 rings (SSSR count). The van der Waals surface area contributed by atoms with Gasteiger partial charge in [-0.1, -0.05) is 41.4 Å². The number of para-hydroxylation sites is 1. The molecule has 1 aliphatic heterocycles. The molecular weight excluding hydrogens is 391 g/mol. The van der Waals surface area contributed by atoms with E-state index in [1.54, 1.807) is 0 Å². The molecule has 27 heavy (non-hydrogen) atoms. The van der Waals surface area contributed by atoms with Crippen LogP contribution in [0.4, 0.5) is 5.69 Å². The lowest BCUT2D eigenvalue weighted by molar-refractivity contribution is -0.152. The topological polar surface area (TPSA) is 87.7 Å². The van der Waals surface area contributed by atoms with Gasteiger partial charge in [0.2, 0.25) is 5.91 Å². The number of fused-ring (bicyclic) bond motifs is 1. The second-order valence-corrected chi connectivity index (χ2v) is 7.07. The zero-order chi connectivity index (χ0) is 19.4. The molecule has 0 radical (unpaired) electrons. The van der Waals surface area contributed by atoms with Gasteiger partial charge in [0.15, 0.2) is 6.10 Å². The number of amides is 1. The first kappa shape index (κ1) is 19.5. The van der Waals surface area contributed by atoms with Crippen LogP contribution >= 0.6 is 23.2 Å². The van der Waals surface area contributed by atoms with E-state index in [4.69, 9.17) is 27.9 Å². The highest BCUT2D eigenvalue weighted by Crippen LogP contribution is 2.26. The summed E-state index contributed by atoms with van der Waals surface area (Å²) in [5.74, 6) is -1.64. The zero-order valence-electron chi connectivity index (χ0n) is 14.2. The monoisotopic (exact) mass is 408 g/mol. The third-order valence-electron chi connectivity index (χ3n) is 4.18. The average molecular weight is 409 g/mol. The summed E-state index contributed by atoms with van der Waals surface area (Å²) in [4.78, 5) is 23.7. The van der Waals surface area contributed by atoms with Crippen molar-refractivity contribution in [3.05, 3.63) is 63.6 Å². The summed E-state index contributed by atoms with van der Waals surface area (Å²) in [6, 6.07) is 12.3. The van der Waals surface area contributed by atoms with Crippen molar-refractivity contribution in [2.45, 2.75) is 25.1 Å². The zero-order valence-corrected chi connectivity index (χ0v) is 15.8. The van der Waals surface area contributed by atoms with Crippen molar-refractivity contribution in [1.29, 1.82) is 0 Å². The van der Waals surface area contributed by atoms with E-state index in [9.17, 15) is 14.7 Å². The van der Waals surface area contributed by atoms with E-state index in [2.05, 4.69) is 10.6 Å². The second kappa shape index (κ2) is 8.61. The number of anilines is 1. The lowest BCUT2D eigenvalue weighted by atomic mass is 10.0. The van der Waals surface area contributed by atoms with Crippen molar-refractivity contribution < 1.29 is 19.4 Å². The molecule has 3 N–H and O–H groups in total. The summed E-state index contributed by atoms with van der Waals surface area (Å²) in [6.07, 6.45) is -0.00478. The number of aryl methyl sites for hydroxylation is 1. The maximum absolute atomic E-state index is 12.2. The summed E-state index contributed by atoms with van der Waals surface area (Å²) in [5, 5.41) is 16.0. The van der Waals surface area contributed by atoms with Gasteiger partial charge in [0.05, 0.1) is 6.17 Å². The quantitative estimate of drug-likeness (QED) is 0.678. The van der Waals surface area contributed by atoms with E-state index in [1.165, 1.54) is 23.8 Å². The molecule has 2 aromatic rings. The summed E-state index contributed by atoms with van der Waals surface area (Å²) >= 11 is 11.8. The first-order valence-corrected chi connectivity index (χ1v) is 9.12. The highest BCUT2D eigenvalue weighted by molar-refractivity contribution is 6.34. The van der Waals surface area contributed by atoms with E-state index in [-0.39, 0.29) is 11.7 Å². The maximum atomic E-state index is 12.2. The van der Waals surface area contributed by atoms with E-state index in [0.29, 0.717) is 10.0 Å². The van der Waals surface area contributed by atoms with Crippen molar-refractivity contribution in [3.63, 3.8) is 0 Å². The Hall–Kier alpha value is -2.28. The van der Waals surface area contributed by atoms with Crippen LogP contribution in [0.25, 0.3) is 0 Å². The fourth-order valence-corrected chi connectivity index (χ4v) is 3.52. The van der Waals surface area contributed by atoms with E-state index in [1.807, 2.05) is 24.3 Å². The van der Waals surface area contributed by atoms with Gasteiger partial charge < -0.3 is 20.5 Å². The molecule has 2 atom stereocenters. The summed E-state index contributed by atoms with van der Waals surface area (Å²) in [7, 11) is 0. The van der Waals surface area contributed by atoms with E-state index >= 15 is 0 Å². The number of carbonyl (C=O) groups is 2. The van der Waals surface area contributed by atoms with Gasteiger partial charge in [-0.25, -0.2) is 4.79 Å². The van der Waals surface area contributed by atoms with Gasteiger partial charge in [-0.05, 0) is 48.2 Å². The first-order chi connectivity index (χ1) is 12.9. The summed E-state index contributed by atoms with van der Waals surface area (Å²) in [6.45, 7) is -0.402. The van der Waals surface area contributed by atoms with Gasteiger partial charge in [-0.2, -0.15) is 0 Å². The molecule has 1 heterocycles. The minimum Gasteiger partial charge on any atom is -0.479 e. The van der Waals surface area contributed by atoms with Crippen LogP contribution < -0.4 is 10.6 Å². The molecule has 2 unspecified atom stereocenters. The van der Waals surface area contributed by atoms with Crippen LogP contribution in [0.1, 0.15) is 23.7 Å². The fraction of sp³-hybridized carbons (Fsp3) is 0.263. The molecule has 0 aromatic heterocycles. The van der Waals surface area contributed by atoms with Gasteiger partial charge in [0.25, 0.3) is 0 Å². The van der Waals surface area contributed by atoms with Crippen molar-refractivity contribution in [2.24, 2.45) is 0 Å². The van der Waals surface area contributed by atoms with Crippen LogP contribution in [-0.4, -0.2) is 29.8 Å². The predicted molar refractivity (Wildman–Crippen MR) is 103 cm³/mol. The summed E-state index contributed by atoms with van der Waals surface area (Å²) < 4.78 is 5.32. The summed E-state index contributed by atoms with van der Waals surface area (Å²) in [5.41, 5.74) is 2.45. The largest absolute Gasteiger partial charge is 0.479 e. The van der Waals surface area contributed by atoms with Crippen molar-refractivity contribution in [1.82, 2.24) is 5.32 Å². The van der Waals surface area contributed by atoms with Gasteiger partial charge in [-0.3, -0.25) is 4.79 Å². The average Bonchev–Trinajstić information content (AvgIpc) is 2.60. The first-order valence-electron chi connectivity index (χ1n) is 8.36. The number of halogens is 2. The number of carbonyl (C=O) groups excluding carboxylic acids is 1. The molecule has 0 saturated carbocycles. The lowest BCUT2D eigenvalue weighted by Crippen LogP contribution is -2.44. The smallest absolute Gasteiger partial charge is 0.337 e. The molecule has 0 fully saturated rings. The number of nitrogens with one attached hydrogen (secondary N) is 2. The Kier molecular flexibility index (Phi) is 6.21. The Morgan fingerprint density at radius 1 is 1.22 bits per heavy atom. The third-order valence-corrected chi connectivity index (χ3v) is 4.61. The van der Waals surface area contributed by atoms with E-state index in [0.717, 1.165) is 18.5 Å². The molecule has 6 nitrogen and oxygen atoms in total. The molecule has 2 aromatic carbocycles. The normalized spacial score (nSPS) is 16.7. The van der Waals surface area contributed by atoms with Gasteiger partial charge >= 0.3 is 5.97 Å². The molecular formula is C19H18Cl2N2O4. The molecule has 0 saturated heterocycles. The highest BCUT2D eigenvalue weighted by Gasteiger charge is 2.24. The fourth-order valence-electron chi connectivity index (χ4n) is 2.98. The molecule has 0 spiro atoms. The number of rotatable bonds is 6. The van der Waals surface area contributed by atoms with Crippen LogP contribution in [0.2, 0.25) is 10.0 Å². The van der Waals surface area contributed by atoms with E-state index < -0.39 is 24.6 Å². The number of aliphatic carboxylic acids is 1. The Morgan fingerprint density at radius 3 is 2.63 bits per heavy atom. The molecule has 0 bridgehead atoms. The van der Waals surface area contributed by atoms with Gasteiger partial charge in [-0.15, -0.1) is 0 Å². The second-order valence-electron chi connectivity index (χ2n) is 6.19. The maximum Gasteiger partial charge on any atom is 0.337 e. The van der Waals surface area contributed by atoms with Crippen molar-refractivity contribution in [3.8, 4) is 0 Å². The molecule has 8 heteroatoms. The van der Waals surface area contributed by atoms with Crippen molar-refractivity contribution in [2.75, 3.05) is 11.9 Å². The highest BCUT2D eigenvalue weighted by atomic mass is 35.5. The molecule has 1 amide bonds. The standard InChI is InChI=1S/C19H18Cl2N2O4/c20-13-7-12(8-14(21)9-13)18(19(25)26)27-10-17(24)23-16-6-5-11-3-1-2-4-15(11)22-16/h1-4,7-9,16,18,22H,5-6,10H2,(H,23,24)(H,25,26). The molecule has 142 valence electrons. The number of hydrogen-bond acceptors (Lipinski definition) is 4. The Bertz CT molecular complexity index is 839. The number of carboxylic acid groups (broad SMARTS) is 1. The minimum absolute atomic E-state index is 0.236. The van der Waals surface area contributed by atoms with Crippen LogP contribution in [0, 0.1) is 0 Å². The number of benzene rings is 2. The Labute approximate surface area is 166 Å². The predicted octanol–water partition coefficient (Wildman–Crippen LogP) is 3.64. The molecule has 0 aliphatic carbocycles. The molecule has 1 aliphatic rings. The SMILES string of the molecule is O=C(COC(C(=O)O)c1cc(Cl)cc(Cl)c1)NC1CCc2ccccc2N1. The van der Waals surface area contributed by atoms with Crippen LogP contribution in [0.15, 0.2) is 42.5 Å². The van der Waals surface area contributed by atoms with Crippen LogP contribution in [0.5, 0.6) is 0 Å². The Morgan fingerprint density at radius 2 is 1.93 bits per heavy atom. The number of carboxylic acids is 1. The Balaban J connectivity index is 1.58.